The average Bonchev–Trinajstić information content (AvgIpc) is 3.28. The predicted molar refractivity (Wildman–Crippen MR) is 85.7 cm³/mol. The van der Waals surface area contributed by atoms with E-state index in [2.05, 4.69) is 25.9 Å². The van der Waals surface area contributed by atoms with Gasteiger partial charge in [-0.25, -0.2) is 4.68 Å². The highest BCUT2D eigenvalue weighted by atomic mass is 16.5. The number of amides is 1. The molecule has 1 amide bonds. The second-order valence-electron chi connectivity index (χ2n) is 5.26. The van der Waals surface area contributed by atoms with Crippen LogP contribution in [0.3, 0.4) is 0 Å². The Kier molecular flexibility index (Phi) is 4.50. The van der Waals surface area contributed by atoms with Crippen LogP contribution in [0.25, 0.3) is 5.69 Å². The van der Waals surface area contributed by atoms with E-state index in [1.807, 2.05) is 19.2 Å². The normalized spacial score (nSPS) is 11.9. The fourth-order valence-electron chi connectivity index (χ4n) is 2.23. The number of anilines is 1. The Morgan fingerprint density at radius 1 is 1.42 bits per heavy atom. The molecular formula is C15H17N7O2. The van der Waals surface area contributed by atoms with E-state index in [9.17, 15) is 4.79 Å². The van der Waals surface area contributed by atoms with Crippen LogP contribution in [0, 0.1) is 5.92 Å². The Morgan fingerprint density at radius 3 is 2.96 bits per heavy atom. The van der Waals surface area contributed by atoms with E-state index in [4.69, 9.17) is 4.74 Å². The summed E-state index contributed by atoms with van der Waals surface area (Å²) in [5, 5.41) is 18.0. The SMILES string of the molecule is COc1cc(-n2cnnn2)ccc1NC(=O)C(C)Cn1cccn1. The lowest BCUT2D eigenvalue weighted by atomic mass is 10.1. The quantitative estimate of drug-likeness (QED) is 0.729. The zero-order valence-electron chi connectivity index (χ0n) is 13.3. The molecule has 3 rings (SSSR count). The van der Waals surface area contributed by atoms with E-state index in [1.54, 1.807) is 36.2 Å². The summed E-state index contributed by atoms with van der Waals surface area (Å²) >= 11 is 0. The van der Waals surface area contributed by atoms with Crippen molar-refractivity contribution < 1.29 is 9.53 Å². The van der Waals surface area contributed by atoms with Crippen LogP contribution in [0.15, 0.2) is 43.0 Å². The number of methoxy groups -OCH3 is 1. The summed E-state index contributed by atoms with van der Waals surface area (Å²) in [5.41, 5.74) is 1.33. The molecule has 0 saturated heterocycles. The van der Waals surface area contributed by atoms with Crippen molar-refractivity contribution in [2.45, 2.75) is 13.5 Å². The van der Waals surface area contributed by atoms with Crippen LogP contribution in [0.5, 0.6) is 5.75 Å². The van der Waals surface area contributed by atoms with Crippen LogP contribution < -0.4 is 10.1 Å². The molecule has 1 N–H and O–H groups in total. The molecule has 0 aliphatic rings. The molecule has 0 aliphatic heterocycles. The number of aromatic nitrogens is 6. The average molecular weight is 327 g/mol. The van der Waals surface area contributed by atoms with Gasteiger partial charge < -0.3 is 10.1 Å². The highest BCUT2D eigenvalue weighted by molar-refractivity contribution is 5.93. The van der Waals surface area contributed by atoms with Gasteiger partial charge >= 0.3 is 0 Å². The summed E-state index contributed by atoms with van der Waals surface area (Å²) in [6.07, 6.45) is 5.00. The van der Waals surface area contributed by atoms with Gasteiger partial charge in [-0.2, -0.15) is 5.10 Å². The summed E-state index contributed by atoms with van der Waals surface area (Å²) in [6, 6.07) is 7.14. The number of hydrogen-bond donors (Lipinski definition) is 1. The zero-order valence-corrected chi connectivity index (χ0v) is 13.3. The minimum absolute atomic E-state index is 0.112. The number of ether oxygens (including phenoxy) is 1. The molecule has 0 saturated carbocycles. The Morgan fingerprint density at radius 2 is 2.29 bits per heavy atom. The van der Waals surface area contributed by atoms with Gasteiger partial charge in [0.2, 0.25) is 5.91 Å². The lowest BCUT2D eigenvalue weighted by molar-refractivity contribution is -0.119. The molecule has 2 heterocycles. The molecule has 2 aromatic heterocycles. The van der Waals surface area contributed by atoms with Crippen molar-refractivity contribution in [1.29, 1.82) is 0 Å². The first-order chi connectivity index (χ1) is 11.7. The van der Waals surface area contributed by atoms with E-state index < -0.39 is 0 Å². The third-order valence-corrected chi connectivity index (χ3v) is 3.52. The van der Waals surface area contributed by atoms with Crippen LogP contribution >= 0.6 is 0 Å². The van der Waals surface area contributed by atoms with Gasteiger partial charge in [0.25, 0.3) is 0 Å². The molecule has 24 heavy (non-hydrogen) atoms. The summed E-state index contributed by atoms with van der Waals surface area (Å²) < 4.78 is 8.59. The number of hydrogen-bond acceptors (Lipinski definition) is 6. The van der Waals surface area contributed by atoms with Crippen molar-refractivity contribution in [3.63, 3.8) is 0 Å². The van der Waals surface area contributed by atoms with Crippen LogP contribution in [0.1, 0.15) is 6.92 Å². The van der Waals surface area contributed by atoms with E-state index in [0.717, 1.165) is 5.69 Å². The lowest BCUT2D eigenvalue weighted by Gasteiger charge is -2.15. The molecule has 9 heteroatoms. The van der Waals surface area contributed by atoms with Gasteiger partial charge in [0.15, 0.2) is 0 Å². The number of carbonyl (C=O) groups is 1. The highest BCUT2D eigenvalue weighted by Gasteiger charge is 2.16. The smallest absolute Gasteiger partial charge is 0.229 e. The number of tetrazole rings is 1. The van der Waals surface area contributed by atoms with Crippen molar-refractivity contribution in [1.82, 2.24) is 30.0 Å². The Balaban J connectivity index is 1.73. The van der Waals surface area contributed by atoms with Gasteiger partial charge in [-0.15, -0.1) is 5.10 Å². The summed E-state index contributed by atoms with van der Waals surface area (Å²) in [5.74, 6) is 0.176. The third-order valence-electron chi connectivity index (χ3n) is 3.52. The lowest BCUT2D eigenvalue weighted by Crippen LogP contribution is -2.24. The first-order valence-corrected chi connectivity index (χ1v) is 7.37. The van der Waals surface area contributed by atoms with Gasteiger partial charge in [-0.1, -0.05) is 6.92 Å². The molecule has 0 aliphatic carbocycles. The molecule has 0 fully saturated rings. The molecule has 1 atom stereocenters. The fourth-order valence-corrected chi connectivity index (χ4v) is 2.23. The molecule has 0 bridgehead atoms. The van der Waals surface area contributed by atoms with Crippen LogP contribution in [-0.4, -0.2) is 43.0 Å². The Labute approximate surface area is 138 Å². The topological polar surface area (TPSA) is 99.8 Å². The van der Waals surface area contributed by atoms with E-state index in [-0.39, 0.29) is 11.8 Å². The molecular weight excluding hydrogens is 310 g/mol. The number of rotatable bonds is 6. The summed E-state index contributed by atoms with van der Waals surface area (Å²) in [4.78, 5) is 12.4. The second-order valence-corrected chi connectivity index (χ2v) is 5.26. The second kappa shape index (κ2) is 6.90. The van der Waals surface area contributed by atoms with Crippen molar-refractivity contribution in [3.8, 4) is 11.4 Å². The van der Waals surface area contributed by atoms with E-state index in [1.165, 1.54) is 11.0 Å². The van der Waals surface area contributed by atoms with Gasteiger partial charge in [0.1, 0.15) is 12.1 Å². The highest BCUT2D eigenvalue weighted by Crippen LogP contribution is 2.27. The van der Waals surface area contributed by atoms with Crippen LogP contribution in [-0.2, 0) is 11.3 Å². The number of nitrogens with one attached hydrogen (secondary N) is 1. The Bertz CT molecular complexity index is 799. The van der Waals surface area contributed by atoms with Gasteiger partial charge in [0.05, 0.1) is 30.9 Å². The molecule has 1 aromatic carbocycles. The van der Waals surface area contributed by atoms with Crippen LogP contribution in [0.2, 0.25) is 0 Å². The molecule has 124 valence electrons. The molecule has 3 aromatic rings. The van der Waals surface area contributed by atoms with Crippen molar-refractivity contribution in [3.05, 3.63) is 43.0 Å². The molecule has 1 unspecified atom stereocenters. The van der Waals surface area contributed by atoms with Gasteiger partial charge in [-0.05, 0) is 28.6 Å². The summed E-state index contributed by atoms with van der Waals surface area (Å²) in [7, 11) is 1.54. The first-order valence-electron chi connectivity index (χ1n) is 7.37. The van der Waals surface area contributed by atoms with Gasteiger partial charge in [0, 0.05) is 18.5 Å². The standard InChI is InChI=1S/C15H17N7O2/c1-11(9-21-7-3-6-17-21)15(23)18-13-5-4-12(8-14(13)24-2)22-10-16-19-20-22/h3-8,10-11H,9H2,1-2H3,(H,18,23). The number of carbonyl (C=O) groups excluding carboxylic acids is 1. The number of nitrogens with zero attached hydrogens (tertiary/aromatic N) is 6. The van der Waals surface area contributed by atoms with Crippen LogP contribution in [0.4, 0.5) is 5.69 Å². The predicted octanol–water partition coefficient (Wildman–Crippen LogP) is 1.14. The van der Waals surface area contributed by atoms with E-state index >= 15 is 0 Å². The monoisotopic (exact) mass is 327 g/mol. The molecule has 9 nitrogen and oxygen atoms in total. The molecule has 0 spiro atoms. The molecule has 0 radical (unpaired) electrons. The van der Waals surface area contributed by atoms with Crippen molar-refractivity contribution in [2.75, 3.05) is 12.4 Å². The summed E-state index contributed by atoms with van der Waals surface area (Å²) in [6.45, 7) is 2.35. The minimum Gasteiger partial charge on any atom is -0.494 e. The van der Waals surface area contributed by atoms with Gasteiger partial charge in [-0.3, -0.25) is 9.48 Å². The number of benzene rings is 1. The first kappa shape index (κ1) is 15.7. The maximum atomic E-state index is 12.4. The Hall–Kier alpha value is -3.23. The largest absolute Gasteiger partial charge is 0.494 e. The van der Waals surface area contributed by atoms with E-state index in [0.29, 0.717) is 18.0 Å². The maximum Gasteiger partial charge on any atom is 0.229 e. The third kappa shape index (κ3) is 3.40. The maximum absolute atomic E-state index is 12.4. The van der Waals surface area contributed by atoms with Crippen molar-refractivity contribution in [2.24, 2.45) is 5.92 Å². The minimum atomic E-state index is -0.242. The zero-order chi connectivity index (χ0) is 16.9. The van der Waals surface area contributed by atoms with Crippen molar-refractivity contribution >= 4 is 11.6 Å². The fraction of sp³-hybridized carbons (Fsp3) is 0.267.